The number of nitrogens with one attached hydrogen (secondary N) is 1. The third kappa shape index (κ3) is 2.97. The maximum Gasteiger partial charge on any atom is 0.241 e. The maximum absolute atomic E-state index is 13.2. The number of nitrogens with zero attached hydrogens (tertiary/aromatic N) is 5. The highest BCUT2D eigenvalue weighted by Crippen LogP contribution is 2.43. The Labute approximate surface area is 167 Å². The normalized spacial score (nSPS) is 21.3. The summed E-state index contributed by atoms with van der Waals surface area (Å²) < 4.78 is 28.2. The van der Waals surface area contributed by atoms with Crippen LogP contribution in [0.4, 0.5) is 20.4 Å². The summed E-state index contributed by atoms with van der Waals surface area (Å²) in [7, 11) is 0. The van der Waals surface area contributed by atoms with E-state index in [1.54, 1.807) is 24.6 Å². The van der Waals surface area contributed by atoms with Gasteiger partial charge in [-0.15, -0.1) is 5.10 Å². The van der Waals surface area contributed by atoms with Gasteiger partial charge in [0, 0.05) is 29.9 Å². The van der Waals surface area contributed by atoms with Gasteiger partial charge in [0.05, 0.1) is 34.2 Å². The molecule has 2 aliphatic rings. The summed E-state index contributed by atoms with van der Waals surface area (Å²) in [4.78, 5) is 13.7. The van der Waals surface area contributed by atoms with Gasteiger partial charge < -0.3 is 5.32 Å². The summed E-state index contributed by atoms with van der Waals surface area (Å²) in [5, 5.41) is 7.88. The minimum absolute atomic E-state index is 0.290. The molecule has 150 valence electrons. The Morgan fingerprint density at radius 1 is 1.28 bits per heavy atom. The predicted molar refractivity (Wildman–Crippen MR) is 108 cm³/mol. The monoisotopic (exact) mass is 396 g/mol. The molecule has 3 aromatic rings. The second kappa shape index (κ2) is 6.57. The fourth-order valence-corrected chi connectivity index (χ4v) is 4.04. The van der Waals surface area contributed by atoms with Gasteiger partial charge in [-0.3, -0.25) is 4.99 Å². The third-order valence-electron chi connectivity index (χ3n) is 6.18. The maximum atomic E-state index is 13.2. The van der Waals surface area contributed by atoms with Crippen LogP contribution in [0, 0.1) is 0 Å². The molecule has 1 aliphatic heterocycles. The number of aromatic nitrogens is 4. The average Bonchev–Trinajstić information content (AvgIpc) is 3.17. The number of pyridine rings is 1. The number of fused-ring (bicyclic) bond motifs is 2. The molecule has 29 heavy (non-hydrogen) atoms. The molecule has 3 aromatic heterocycles. The first-order chi connectivity index (χ1) is 13.9. The lowest BCUT2D eigenvalue weighted by Gasteiger charge is -2.26. The fraction of sp³-hybridized carbons (Fsp3) is 0.429. The molecule has 1 unspecified atom stereocenters. The highest BCUT2D eigenvalue weighted by Gasteiger charge is 2.41. The second-order valence-electron chi connectivity index (χ2n) is 8.10. The van der Waals surface area contributed by atoms with Gasteiger partial charge in [-0.25, -0.2) is 23.3 Å². The van der Waals surface area contributed by atoms with E-state index in [-0.39, 0.29) is 6.42 Å². The highest BCUT2D eigenvalue weighted by atomic mass is 19.3. The summed E-state index contributed by atoms with van der Waals surface area (Å²) in [6.07, 6.45) is 4.47. The Hall–Kier alpha value is -2.90. The molecule has 6 nitrogen and oxygen atoms in total. The van der Waals surface area contributed by atoms with Gasteiger partial charge in [-0.1, -0.05) is 0 Å². The molecule has 0 aromatic carbocycles. The van der Waals surface area contributed by atoms with Crippen LogP contribution >= 0.6 is 0 Å². The van der Waals surface area contributed by atoms with Crippen molar-refractivity contribution in [1.82, 2.24) is 19.6 Å². The van der Waals surface area contributed by atoms with Crippen molar-refractivity contribution in [3.63, 3.8) is 0 Å². The number of hydrogen-bond acceptors (Lipinski definition) is 5. The van der Waals surface area contributed by atoms with Gasteiger partial charge in [0.15, 0.2) is 0 Å². The van der Waals surface area contributed by atoms with Crippen molar-refractivity contribution in [3.05, 3.63) is 36.3 Å². The standard InChI is InChI=1S/C21H22F2N6/c1-12-21(2,10-18(22)23)19-16(25-12)7-6-15(27-19)14-8-9-29-17(14)11-24-20(28-29)26-13-4-3-5-13/h6-9,11,13,18H,3-5,10H2,1-2H3,(H,26,28). The Bertz CT molecular complexity index is 1120. The molecule has 5 rings (SSSR count). The summed E-state index contributed by atoms with van der Waals surface area (Å²) in [5.74, 6) is 0.611. The van der Waals surface area contributed by atoms with E-state index < -0.39 is 11.8 Å². The van der Waals surface area contributed by atoms with Crippen molar-refractivity contribution in [2.45, 2.75) is 57.4 Å². The molecule has 0 radical (unpaired) electrons. The van der Waals surface area contributed by atoms with Crippen molar-refractivity contribution in [1.29, 1.82) is 0 Å². The molecule has 0 spiro atoms. The SMILES string of the molecule is CC1=Nc2ccc(-c3ccn4nc(NC5CCC5)ncc34)nc2C1(C)CC(F)F. The van der Waals surface area contributed by atoms with Crippen LogP contribution in [0.1, 0.15) is 45.2 Å². The molecule has 1 atom stereocenters. The minimum atomic E-state index is -2.42. The summed E-state index contributed by atoms with van der Waals surface area (Å²) in [6.45, 7) is 3.59. The van der Waals surface area contributed by atoms with E-state index in [1.807, 2.05) is 24.4 Å². The van der Waals surface area contributed by atoms with Crippen LogP contribution in [0.2, 0.25) is 0 Å². The molecular formula is C21H22F2N6. The topological polar surface area (TPSA) is 67.5 Å². The number of halogens is 2. The number of rotatable bonds is 5. The van der Waals surface area contributed by atoms with Crippen LogP contribution in [0.3, 0.4) is 0 Å². The largest absolute Gasteiger partial charge is 0.350 e. The molecule has 1 saturated carbocycles. The zero-order chi connectivity index (χ0) is 20.2. The third-order valence-corrected chi connectivity index (χ3v) is 6.18. The number of hydrogen-bond donors (Lipinski definition) is 1. The van der Waals surface area contributed by atoms with Gasteiger partial charge in [-0.2, -0.15) is 0 Å². The van der Waals surface area contributed by atoms with E-state index in [0.29, 0.717) is 34.8 Å². The smallest absolute Gasteiger partial charge is 0.241 e. The Kier molecular flexibility index (Phi) is 4.11. The first-order valence-electron chi connectivity index (χ1n) is 9.91. The quantitative estimate of drug-likeness (QED) is 0.674. The number of aliphatic imine (C=N–C) groups is 1. The first-order valence-corrected chi connectivity index (χ1v) is 9.91. The lowest BCUT2D eigenvalue weighted by molar-refractivity contribution is 0.121. The molecule has 0 saturated heterocycles. The molecule has 0 amide bonds. The Morgan fingerprint density at radius 3 is 2.83 bits per heavy atom. The lowest BCUT2D eigenvalue weighted by Crippen LogP contribution is -2.31. The van der Waals surface area contributed by atoms with Crippen LogP contribution in [0.5, 0.6) is 0 Å². The van der Waals surface area contributed by atoms with Crippen LogP contribution in [0.25, 0.3) is 16.8 Å². The summed E-state index contributed by atoms with van der Waals surface area (Å²) >= 11 is 0. The highest BCUT2D eigenvalue weighted by molar-refractivity contribution is 5.99. The predicted octanol–water partition coefficient (Wildman–Crippen LogP) is 4.77. The lowest BCUT2D eigenvalue weighted by atomic mass is 9.80. The average molecular weight is 396 g/mol. The number of anilines is 1. The Balaban J connectivity index is 1.51. The Morgan fingerprint density at radius 2 is 2.10 bits per heavy atom. The van der Waals surface area contributed by atoms with Crippen LogP contribution in [0.15, 0.2) is 35.6 Å². The van der Waals surface area contributed by atoms with Crippen molar-refractivity contribution in [2.75, 3.05) is 5.32 Å². The van der Waals surface area contributed by atoms with E-state index in [9.17, 15) is 8.78 Å². The second-order valence-corrected chi connectivity index (χ2v) is 8.10. The van der Waals surface area contributed by atoms with Gasteiger partial charge in [-0.05, 0) is 51.3 Å². The molecule has 1 N–H and O–H groups in total. The molecule has 1 aliphatic carbocycles. The first kappa shape index (κ1) is 18.1. The van der Waals surface area contributed by atoms with Crippen LogP contribution < -0.4 is 5.32 Å². The molecule has 8 heteroatoms. The van der Waals surface area contributed by atoms with Crippen molar-refractivity contribution in [3.8, 4) is 11.3 Å². The minimum Gasteiger partial charge on any atom is -0.350 e. The summed E-state index contributed by atoms with van der Waals surface area (Å²) in [5.41, 5.74) is 3.49. The molecule has 4 heterocycles. The van der Waals surface area contributed by atoms with E-state index in [1.165, 1.54) is 6.42 Å². The number of alkyl halides is 2. The van der Waals surface area contributed by atoms with Gasteiger partial charge in [0.25, 0.3) is 0 Å². The van der Waals surface area contributed by atoms with Gasteiger partial charge in [0.2, 0.25) is 12.4 Å². The van der Waals surface area contributed by atoms with Crippen molar-refractivity contribution < 1.29 is 8.78 Å². The summed E-state index contributed by atoms with van der Waals surface area (Å²) in [6, 6.07) is 6.12. The van der Waals surface area contributed by atoms with E-state index in [2.05, 4.69) is 20.4 Å². The van der Waals surface area contributed by atoms with E-state index in [0.717, 1.165) is 23.9 Å². The van der Waals surface area contributed by atoms with Crippen molar-refractivity contribution in [2.24, 2.45) is 4.99 Å². The van der Waals surface area contributed by atoms with Crippen molar-refractivity contribution >= 4 is 22.9 Å². The van der Waals surface area contributed by atoms with Gasteiger partial charge in [0.1, 0.15) is 0 Å². The molecular weight excluding hydrogens is 374 g/mol. The fourth-order valence-electron chi connectivity index (χ4n) is 4.04. The molecule has 0 bridgehead atoms. The zero-order valence-corrected chi connectivity index (χ0v) is 16.4. The zero-order valence-electron chi connectivity index (χ0n) is 16.4. The molecule has 1 fully saturated rings. The van der Waals surface area contributed by atoms with E-state index >= 15 is 0 Å². The van der Waals surface area contributed by atoms with Crippen LogP contribution in [-0.2, 0) is 5.41 Å². The van der Waals surface area contributed by atoms with E-state index in [4.69, 9.17) is 4.98 Å². The van der Waals surface area contributed by atoms with Crippen LogP contribution in [-0.4, -0.2) is 37.8 Å². The van der Waals surface area contributed by atoms with Gasteiger partial charge >= 0.3 is 0 Å².